The Morgan fingerprint density at radius 1 is 0.493 bits per heavy atom. The minimum absolute atomic E-state index is 0.0402. The molecule has 0 spiro atoms. The Kier molecular flexibility index (Phi) is 35.4. The third-order valence-corrected chi connectivity index (χ3v) is 14.3. The maximum atomic E-state index is 13.4. The third-order valence-electron chi connectivity index (χ3n) is 13.3. The number of ether oxygens (including phenoxy) is 4. The summed E-state index contributed by atoms with van der Waals surface area (Å²) < 4.78 is 45.5. The van der Waals surface area contributed by atoms with Gasteiger partial charge in [0.25, 0.3) is 0 Å². The molecule has 1 saturated carbocycles. The van der Waals surface area contributed by atoms with Gasteiger partial charge in [-0.25, -0.2) is 4.57 Å². The summed E-state index contributed by atoms with van der Waals surface area (Å²) in [6, 6.07) is 0. The van der Waals surface area contributed by atoms with E-state index in [1.165, 1.54) is 122 Å². The van der Waals surface area contributed by atoms with Crippen molar-refractivity contribution in [1.29, 1.82) is 0 Å². The van der Waals surface area contributed by atoms with Gasteiger partial charge in [0.1, 0.15) is 67.6 Å². The van der Waals surface area contributed by atoms with Crippen molar-refractivity contribution in [2.45, 2.75) is 286 Å². The summed E-state index contributed by atoms with van der Waals surface area (Å²) in [6.45, 7) is 2.26. The lowest BCUT2D eigenvalue weighted by molar-refractivity contribution is -0.338. The van der Waals surface area contributed by atoms with E-state index in [0.29, 0.717) is 12.8 Å². The van der Waals surface area contributed by atoms with Crippen LogP contribution in [0.3, 0.4) is 0 Å². The second-order valence-electron chi connectivity index (χ2n) is 19.4. The van der Waals surface area contributed by atoms with Crippen LogP contribution < -0.4 is 0 Å². The highest BCUT2D eigenvalue weighted by Crippen LogP contribution is 2.48. The molecule has 1 aliphatic carbocycles. The Morgan fingerprint density at radius 2 is 0.870 bits per heavy atom. The van der Waals surface area contributed by atoms with E-state index >= 15 is 0 Å². The maximum Gasteiger partial charge on any atom is 0.472 e. The number of carbonyl (C=O) groups is 2. The number of aliphatic hydroxyl groups excluding tert-OH is 8. The first-order chi connectivity index (χ1) is 33.2. The summed E-state index contributed by atoms with van der Waals surface area (Å²) in [4.78, 5) is 36.6. The van der Waals surface area contributed by atoms with Crippen LogP contribution >= 0.6 is 7.82 Å². The second kappa shape index (κ2) is 38.3. The van der Waals surface area contributed by atoms with Gasteiger partial charge in [-0.2, -0.15) is 0 Å². The first-order valence-corrected chi connectivity index (χ1v) is 28.4. The van der Waals surface area contributed by atoms with Crippen LogP contribution in [0.2, 0.25) is 0 Å². The van der Waals surface area contributed by atoms with Crippen LogP contribution in [0.1, 0.15) is 213 Å². The minimum atomic E-state index is -5.37. The van der Waals surface area contributed by atoms with E-state index in [1.54, 1.807) is 0 Å². The van der Waals surface area contributed by atoms with E-state index in [4.69, 9.17) is 28.0 Å². The number of carbonyl (C=O) groups excluding carboxylic acids is 2. The Hall–Kier alpha value is -1.35. The molecule has 0 aromatic carbocycles. The molecule has 19 heteroatoms. The van der Waals surface area contributed by atoms with E-state index in [1.807, 2.05) is 0 Å². The zero-order valence-electron chi connectivity index (χ0n) is 42.1. The number of unbranched alkanes of at least 4 members (excludes halogenated alkanes) is 27. The molecule has 1 heterocycles. The lowest BCUT2D eigenvalue weighted by atomic mass is 9.84. The monoisotopic (exact) mass is 1010 g/mol. The third kappa shape index (κ3) is 27.0. The Labute approximate surface area is 412 Å². The zero-order chi connectivity index (χ0) is 50.9. The molecule has 1 aliphatic heterocycles. The van der Waals surface area contributed by atoms with Crippen LogP contribution in [-0.2, 0) is 42.1 Å². The van der Waals surface area contributed by atoms with Gasteiger partial charge in [0.2, 0.25) is 0 Å². The molecule has 0 radical (unpaired) electrons. The van der Waals surface area contributed by atoms with Gasteiger partial charge in [-0.15, -0.1) is 0 Å². The number of esters is 2. The fourth-order valence-electron chi connectivity index (χ4n) is 8.88. The van der Waals surface area contributed by atoms with Gasteiger partial charge in [-0.05, 0) is 12.8 Å². The molecule has 1 saturated heterocycles. The molecule has 69 heavy (non-hydrogen) atoms. The molecule has 13 unspecified atom stereocenters. The topological polar surface area (TPSA) is 289 Å². The number of hydrogen-bond acceptors (Lipinski definition) is 17. The van der Waals surface area contributed by atoms with Gasteiger partial charge in [-0.1, -0.05) is 187 Å². The van der Waals surface area contributed by atoms with E-state index in [2.05, 4.69) is 13.8 Å². The number of aliphatic hydroxyl groups is 8. The molecule has 2 aliphatic rings. The molecule has 0 amide bonds. The normalized spacial score (nSPS) is 27.5. The van der Waals surface area contributed by atoms with Crippen molar-refractivity contribution in [2.75, 3.05) is 19.8 Å². The molecule has 0 bridgehead atoms. The van der Waals surface area contributed by atoms with Gasteiger partial charge in [-0.3, -0.25) is 18.6 Å². The van der Waals surface area contributed by atoms with Gasteiger partial charge >= 0.3 is 19.8 Å². The second-order valence-corrected chi connectivity index (χ2v) is 20.8. The predicted molar refractivity (Wildman–Crippen MR) is 259 cm³/mol. The van der Waals surface area contributed by atoms with Crippen LogP contribution in [0.25, 0.3) is 0 Å². The standard InChI is InChI=1S/C50H95O18P/c1-3-5-7-9-11-13-15-17-18-19-21-23-25-27-29-31-33-40(53)65-37(35-63-39(52)32-30-28-26-24-22-20-16-14-12-10-8-6-4-2)36-64-69(61,62)68-49-46(59)44(57)43(56)45(58)48(49)67-50-47(60)42(55)41(54)38(34-51)66-50/h37-38,41-51,54-60H,3-36H2,1-2H3,(H,61,62). The van der Waals surface area contributed by atoms with Gasteiger partial charge in [0, 0.05) is 12.8 Å². The molecule has 0 aromatic heterocycles. The van der Waals surface area contributed by atoms with Crippen LogP contribution in [0.5, 0.6) is 0 Å². The van der Waals surface area contributed by atoms with Crippen molar-refractivity contribution in [3.63, 3.8) is 0 Å². The average Bonchev–Trinajstić information content (AvgIpc) is 3.33. The van der Waals surface area contributed by atoms with Crippen LogP contribution in [0.4, 0.5) is 0 Å². The summed E-state index contributed by atoms with van der Waals surface area (Å²) in [6.07, 6.45) is 10.3. The smallest absolute Gasteiger partial charge is 0.462 e. The largest absolute Gasteiger partial charge is 0.472 e. The van der Waals surface area contributed by atoms with E-state index in [0.717, 1.165) is 51.4 Å². The molecule has 9 N–H and O–H groups in total. The lowest BCUT2D eigenvalue weighted by Crippen LogP contribution is -2.67. The van der Waals surface area contributed by atoms with Gasteiger partial charge in [0.05, 0.1) is 13.2 Å². The Bertz CT molecular complexity index is 1340. The lowest BCUT2D eigenvalue weighted by Gasteiger charge is -2.47. The van der Waals surface area contributed by atoms with Crippen molar-refractivity contribution in [2.24, 2.45) is 0 Å². The molecule has 2 rings (SSSR count). The van der Waals surface area contributed by atoms with Crippen LogP contribution in [0.15, 0.2) is 0 Å². The predicted octanol–water partition coefficient (Wildman–Crippen LogP) is 6.72. The number of rotatable bonds is 42. The molecular formula is C50H95O18P. The quantitative estimate of drug-likeness (QED) is 0.0174. The summed E-state index contributed by atoms with van der Waals surface area (Å²) in [5, 5.41) is 83.0. The van der Waals surface area contributed by atoms with Gasteiger partial charge < -0.3 is 64.7 Å². The van der Waals surface area contributed by atoms with Crippen molar-refractivity contribution in [3.05, 3.63) is 0 Å². The highest BCUT2D eigenvalue weighted by molar-refractivity contribution is 7.47. The van der Waals surface area contributed by atoms with Crippen molar-refractivity contribution < 1.29 is 87.9 Å². The zero-order valence-corrected chi connectivity index (χ0v) is 43.0. The van der Waals surface area contributed by atoms with E-state index < -0.39 is 113 Å². The van der Waals surface area contributed by atoms with Crippen molar-refractivity contribution in [3.8, 4) is 0 Å². The number of phosphoric ester groups is 1. The SMILES string of the molecule is CCCCCCCCCCCCCCCCCCC(=O)OC(COC(=O)CCCCCCCCCCCCCCC)COP(=O)(O)OC1C(O)C(O)C(O)C(O)C1OC1OC(CO)C(O)C(O)C1O. The molecule has 2 fully saturated rings. The summed E-state index contributed by atoms with van der Waals surface area (Å²) >= 11 is 0. The fraction of sp³-hybridized carbons (Fsp3) is 0.960. The highest BCUT2D eigenvalue weighted by atomic mass is 31.2. The number of phosphoric acid groups is 1. The van der Waals surface area contributed by atoms with Crippen molar-refractivity contribution in [1.82, 2.24) is 0 Å². The Balaban J connectivity index is 1.92. The molecule has 13 atom stereocenters. The first kappa shape index (κ1) is 63.8. The first-order valence-electron chi connectivity index (χ1n) is 26.9. The molecule has 408 valence electrons. The van der Waals surface area contributed by atoms with Crippen LogP contribution in [0, 0.1) is 0 Å². The van der Waals surface area contributed by atoms with E-state index in [9.17, 15) is 59.9 Å². The average molecular weight is 1020 g/mol. The minimum Gasteiger partial charge on any atom is -0.462 e. The van der Waals surface area contributed by atoms with Crippen molar-refractivity contribution >= 4 is 19.8 Å². The van der Waals surface area contributed by atoms with Crippen LogP contribution in [-0.4, -0.2) is 151 Å². The summed E-state index contributed by atoms with van der Waals surface area (Å²) in [5.41, 5.74) is 0. The van der Waals surface area contributed by atoms with E-state index in [-0.39, 0.29) is 12.8 Å². The molecular weight excluding hydrogens is 920 g/mol. The fourth-order valence-corrected chi connectivity index (χ4v) is 9.85. The maximum absolute atomic E-state index is 13.4. The van der Waals surface area contributed by atoms with Gasteiger partial charge in [0.15, 0.2) is 12.4 Å². The number of hydrogen-bond donors (Lipinski definition) is 9. The molecule has 18 nitrogen and oxygen atoms in total. The highest BCUT2D eigenvalue weighted by Gasteiger charge is 2.55. The Morgan fingerprint density at radius 3 is 1.29 bits per heavy atom. The molecule has 0 aromatic rings. The summed E-state index contributed by atoms with van der Waals surface area (Å²) in [5.74, 6) is -1.20. The summed E-state index contributed by atoms with van der Waals surface area (Å²) in [7, 11) is -5.37.